The molecule has 17 heavy (non-hydrogen) atoms. The fraction of sp³-hybridized carbons (Fsp3) is 0.625. The standard InChI is InChI=1S/C16H25N/c1-3-5-9-13-12-14(8-4-2)17-16-11-7-6-10-15(13)16/h6-7,10-11,13-14,17H,3-5,8-9,12H2,1-2H3. The Bertz CT molecular complexity index is 345. The van der Waals surface area contributed by atoms with Gasteiger partial charge in [0.05, 0.1) is 0 Å². The Morgan fingerprint density at radius 3 is 2.71 bits per heavy atom. The lowest BCUT2D eigenvalue weighted by Gasteiger charge is -2.33. The van der Waals surface area contributed by atoms with E-state index in [0.29, 0.717) is 6.04 Å². The lowest BCUT2D eigenvalue weighted by Crippen LogP contribution is -2.28. The van der Waals surface area contributed by atoms with Gasteiger partial charge in [0.25, 0.3) is 0 Å². The first-order chi connectivity index (χ1) is 8.35. The number of unbranched alkanes of at least 4 members (excludes halogenated alkanes) is 1. The van der Waals surface area contributed by atoms with E-state index < -0.39 is 0 Å². The third-order valence-corrected chi connectivity index (χ3v) is 3.87. The minimum Gasteiger partial charge on any atom is -0.382 e. The normalized spacial score (nSPS) is 22.9. The Morgan fingerprint density at radius 1 is 1.12 bits per heavy atom. The van der Waals surface area contributed by atoms with Gasteiger partial charge in [0.15, 0.2) is 0 Å². The van der Waals surface area contributed by atoms with Gasteiger partial charge in [-0.15, -0.1) is 0 Å². The van der Waals surface area contributed by atoms with Crippen LogP contribution in [-0.4, -0.2) is 6.04 Å². The van der Waals surface area contributed by atoms with E-state index >= 15 is 0 Å². The number of benzene rings is 1. The summed E-state index contributed by atoms with van der Waals surface area (Å²) in [6, 6.07) is 9.58. The van der Waals surface area contributed by atoms with E-state index in [1.807, 2.05) is 0 Å². The molecule has 2 atom stereocenters. The van der Waals surface area contributed by atoms with Crippen LogP contribution in [0, 0.1) is 0 Å². The lowest BCUT2D eigenvalue weighted by molar-refractivity contribution is 0.468. The molecule has 1 heteroatoms. The number of para-hydroxylation sites is 1. The second kappa shape index (κ2) is 6.09. The molecule has 1 heterocycles. The summed E-state index contributed by atoms with van der Waals surface area (Å²) in [6.07, 6.45) is 7.93. The first-order valence-electron chi connectivity index (χ1n) is 7.20. The lowest BCUT2D eigenvalue weighted by atomic mass is 9.82. The molecule has 1 aromatic carbocycles. The van der Waals surface area contributed by atoms with Crippen molar-refractivity contribution in [1.29, 1.82) is 0 Å². The fourth-order valence-corrected chi connectivity index (χ4v) is 3.00. The first kappa shape index (κ1) is 12.5. The van der Waals surface area contributed by atoms with Gasteiger partial charge in [-0.25, -0.2) is 0 Å². The fourth-order valence-electron chi connectivity index (χ4n) is 3.00. The van der Waals surface area contributed by atoms with Gasteiger partial charge >= 0.3 is 0 Å². The van der Waals surface area contributed by atoms with Gasteiger partial charge in [-0.05, 0) is 36.8 Å². The van der Waals surface area contributed by atoms with Crippen LogP contribution in [0.1, 0.15) is 63.9 Å². The smallest absolute Gasteiger partial charge is 0.0377 e. The van der Waals surface area contributed by atoms with Crippen LogP contribution in [0.4, 0.5) is 5.69 Å². The van der Waals surface area contributed by atoms with Crippen LogP contribution in [0.5, 0.6) is 0 Å². The van der Waals surface area contributed by atoms with E-state index in [9.17, 15) is 0 Å². The predicted molar refractivity (Wildman–Crippen MR) is 75.6 cm³/mol. The first-order valence-corrected chi connectivity index (χ1v) is 7.20. The quantitative estimate of drug-likeness (QED) is 0.756. The minimum absolute atomic E-state index is 0.691. The summed E-state index contributed by atoms with van der Waals surface area (Å²) in [7, 11) is 0. The average Bonchev–Trinajstić information content (AvgIpc) is 2.36. The maximum Gasteiger partial charge on any atom is 0.0377 e. The summed E-state index contributed by atoms with van der Waals surface area (Å²) in [6.45, 7) is 4.57. The van der Waals surface area contributed by atoms with Crippen LogP contribution in [0.25, 0.3) is 0 Å². The summed E-state index contributed by atoms with van der Waals surface area (Å²) in [5.74, 6) is 0.781. The Labute approximate surface area is 106 Å². The molecule has 94 valence electrons. The highest BCUT2D eigenvalue weighted by atomic mass is 14.9. The summed E-state index contributed by atoms with van der Waals surface area (Å²) < 4.78 is 0. The molecule has 0 aromatic heterocycles. The van der Waals surface area contributed by atoms with Crippen LogP contribution in [0.15, 0.2) is 24.3 Å². The highest BCUT2D eigenvalue weighted by Gasteiger charge is 2.24. The van der Waals surface area contributed by atoms with Crippen molar-refractivity contribution in [3.8, 4) is 0 Å². The molecule has 2 unspecified atom stereocenters. The topological polar surface area (TPSA) is 12.0 Å². The van der Waals surface area contributed by atoms with Gasteiger partial charge in [0.1, 0.15) is 0 Å². The summed E-state index contributed by atoms with van der Waals surface area (Å²) >= 11 is 0. The molecule has 0 saturated carbocycles. The average molecular weight is 231 g/mol. The minimum atomic E-state index is 0.691. The van der Waals surface area contributed by atoms with Gasteiger partial charge in [-0.2, -0.15) is 0 Å². The number of hydrogen-bond donors (Lipinski definition) is 1. The van der Waals surface area contributed by atoms with Crippen molar-refractivity contribution < 1.29 is 0 Å². The molecule has 0 saturated heterocycles. The van der Waals surface area contributed by atoms with Crippen LogP contribution in [0.3, 0.4) is 0 Å². The van der Waals surface area contributed by atoms with E-state index in [2.05, 4.69) is 43.4 Å². The van der Waals surface area contributed by atoms with E-state index in [-0.39, 0.29) is 0 Å². The van der Waals surface area contributed by atoms with Crippen molar-refractivity contribution in [1.82, 2.24) is 0 Å². The summed E-state index contributed by atoms with van der Waals surface area (Å²) in [4.78, 5) is 0. The van der Waals surface area contributed by atoms with Gasteiger partial charge in [-0.1, -0.05) is 51.3 Å². The summed E-state index contributed by atoms with van der Waals surface area (Å²) in [5, 5.41) is 3.70. The van der Waals surface area contributed by atoms with Crippen molar-refractivity contribution in [2.24, 2.45) is 0 Å². The van der Waals surface area contributed by atoms with Crippen molar-refractivity contribution >= 4 is 5.69 Å². The monoisotopic (exact) mass is 231 g/mol. The third kappa shape index (κ3) is 3.02. The van der Waals surface area contributed by atoms with Crippen molar-refractivity contribution in [2.45, 2.75) is 64.3 Å². The number of nitrogens with one attached hydrogen (secondary N) is 1. The van der Waals surface area contributed by atoms with Crippen LogP contribution >= 0.6 is 0 Å². The Kier molecular flexibility index (Phi) is 4.47. The van der Waals surface area contributed by atoms with Gasteiger partial charge in [-0.3, -0.25) is 0 Å². The molecule has 1 nitrogen and oxygen atoms in total. The zero-order valence-electron chi connectivity index (χ0n) is 11.2. The van der Waals surface area contributed by atoms with E-state index in [1.54, 1.807) is 5.56 Å². The molecule has 1 aromatic rings. The Hall–Kier alpha value is -0.980. The van der Waals surface area contributed by atoms with Gasteiger partial charge in [0.2, 0.25) is 0 Å². The molecule has 0 radical (unpaired) electrons. The number of fused-ring (bicyclic) bond motifs is 1. The maximum atomic E-state index is 3.70. The zero-order chi connectivity index (χ0) is 12.1. The maximum absolute atomic E-state index is 3.70. The Balaban J connectivity index is 2.13. The molecule has 1 aliphatic heterocycles. The third-order valence-electron chi connectivity index (χ3n) is 3.87. The van der Waals surface area contributed by atoms with Crippen LogP contribution in [-0.2, 0) is 0 Å². The zero-order valence-corrected chi connectivity index (χ0v) is 11.2. The van der Waals surface area contributed by atoms with Crippen molar-refractivity contribution in [3.05, 3.63) is 29.8 Å². The molecule has 0 spiro atoms. The molecule has 0 amide bonds. The summed E-state index contributed by atoms with van der Waals surface area (Å²) in [5.41, 5.74) is 2.94. The van der Waals surface area contributed by atoms with Crippen molar-refractivity contribution in [2.75, 3.05) is 5.32 Å². The molecular formula is C16H25N. The molecular weight excluding hydrogens is 206 g/mol. The highest BCUT2D eigenvalue weighted by Crippen LogP contribution is 2.38. The van der Waals surface area contributed by atoms with E-state index in [0.717, 1.165) is 5.92 Å². The predicted octanol–water partition coefficient (Wildman–Crippen LogP) is 4.94. The van der Waals surface area contributed by atoms with E-state index in [4.69, 9.17) is 0 Å². The van der Waals surface area contributed by atoms with Crippen LogP contribution < -0.4 is 5.32 Å². The largest absolute Gasteiger partial charge is 0.382 e. The van der Waals surface area contributed by atoms with Gasteiger partial charge < -0.3 is 5.32 Å². The van der Waals surface area contributed by atoms with Crippen molar-refractivity contribution in [3.63, 3.8) is 0 Å². The molecule has 0 fully saturated rings. The number of anilines is 1. The number of rotatable bonds is 5. The second-order valence-corrected chi connectivity index (χ2v) is 5.29. The Morgan fingerprint density at radius 2 is 1.94 bits per heavy atom. The second-order valence-electron chi connectivity index (χ2n) is 5.29. The van der Waals surface area contributed by atoms with E-state index in [1.165, 1.54) is 44.2 Å². The molecule has 2 rings (SSSR count). The van der Waals surface area contributed by atoms with Crippen LogP contribution in [0.2, 0.25) is 0 Å². The molecule has 1 N–H and O–H groups in total. The van der Waals surface area contributed by atoms with Gasteiger partial charge in [0, 0.05) is 11.7 Å². The SMILES string of the molecule is CCCCC1CC(CCC)Nc2ccccc21. The molecule has 0 bridgehead atoms. The molecule has 1 aliphatic rings. The molecule has 0 aliphatic carbocycles. The highest BCUT2D eigenvalue weighted by molar-refractivity contribution is 5.55. The number of hydrogen-bond acceptors (Lipinski definition) is 1.